The molecule has 3 aromatic rings. The van der Waals surface area contributed by atoms with Crippen LogP contribution in [-0.4, -0.2) is 29.4 Å². The number of benzene rings is 2. The van der Waals surface area contributed by atoms with Crippen LogP contribution in [0.3, 0.4) is 0 Å². The van der Waals surface area contributed by atoms with E-state index in [4.69, 9.17) is 16.3 Å². The van der Waals surface area contributed by atoms with Crippen LogP contribution >= 0.6 is 11.6 Å². The van der Waals surface area contributed by atoms with Gasteiger partial charge in [-0.3, -0.25) is 9.59 Å². The van der Waals surface area contributed by atoms with E-state index in [9.17, 15) is 9.59 Å². The zero-order valence-corrected chi connectivity index (χ0v) is 17.9. The average molecular weight is 438 g/mol. The highest BCUT2D eigenvalue weighted by Crippen LogP contribution is 2.14. The lowest BCUT2D eigenvalue weighted by Gasteiger charge is -2.19. The van der Waals surface area contributed by atoms with E-state index in [1.165, 1.54) is 0 Å². The summed E-state index contributed by atoms with van der Waals surface area (Å²) in [6, 6.07) is 18.9. The summed E-state index contributed by atoms with van der Waals surface area (Å²) >= 11 is 5.90. The molecule has 31 heavy (non-hydrogen) atoms. The van der Waals surface area contributed by atoms with Gasteiger partial charge in [0.15, 0.2) is 0 Å². The van der Waals surface area contributed by atoms with Crippen molar-refractivity contribution >= 4 is 23.4 Å². The van der Waals surface area contributed by atoms with Crippen LogP contribution in [0.15, 0.2) is 72.9 Å². The van der Waals surface area contributed by atoms with E-state index in [1.54, 1.807) is 36.5 Å². The van der Waals surface area contributed by atoms with Crippen molar-refractivity contribution in [1.29, 1.82) is 0 Å². The van der Waals surface area contributed by atoms with Gasteiger partial charge in [-0.05, 0) is 42.8 Å². The molecule has 0 saturated heterocycles. The van der Waals surface area contributed by atoms with Crippen molar-refractivity contribution in [2.24, 2.45) is 0 Å². The van der Waals surface area contributed by atoms with E-state index in [2.05, 4.69) is 15.6 Å². The molecular formula is C24H24ClN3O3. The molecule has 3 rings (SSSR count). The first-order valence-electron chi connectivity index (χ1n) is 10.0. The molecule has 6 nitrogen and oxygen atoms in total. The molecule has 0 fully saturated rings. The fourth-order valence-electron chi connectivity index (χ4n) is 3.03. The van der Waals surface area contributed by atoms with Gasteiger partial charge in [-0.15, -0.1) is 0 Å². The second kappa shape index (κ2) is 11.1. The maximum Gasteiger partial charge on any atom is 0.251 e. The summed E-state index contributed by atoms with van der Waals surface area (Å²) in [5, 5.41) is 6.26. The van der Waals surface area contributed by atoms with Gasteiger partial charge in [-0.2, -0.15) is 0 Å². The van der Waals surface area contributed by atoms with Crippen LogP contribution in [0, 0.1) is 0 Å². The zero-order valence-electron chi connectivity index (χ0n) is 17.2. The Morgan fingerprint density at radius 1 is 1.03 bits per heavy atom. The van der Waals surface area contributed by atoms with Crippen molar-refractivity contribution in [2.75, 3.05) is 6.61 Å². The number of pyridine rings is 1. The summed E-state index contributed by atoms with van der Waals surface area (Å²) in [6.45, 7) is 2.59. The van der Waals surface area contributed by atoms with Gasteiger partial charge in [0.1, 0.15) is 6.04 Å². The summed E-state index contributed by atoms with van der Waals surface area (Å²) in [7, 11) is 0. The van der Waals surface area contributed by atoms with Crippen LogP contribution in [0.5, 0.6) is 5.88 Å². The summed E-state index contributed by atoms with van der Waals surface area (Å²) in [4.78, 5) is 29.9. The standard InChI is InChI=1S/C24H24ClN3O3/c1-2-31-24-19(9-6-14-26-24)16-27-23(30)21(15-17-7-4-3-5-8-17)28-22(29)18-10-12-20(25)13-11-18/h3-14,21H,2,15-16H2,1H3,(H,27,30)(H,28,29). The number of nitrogens with one attached hydrogen (secondary N) is 2. The Kier molecular flexibility index (Phi) is 8.01. The van der Waals surface area contributed by atoms with Gasteiger partial charge in [0.25, 0.3) is 5.91 Å². The van der Waals surface area contributed by atoms with Gasteiger partial charge in [0.2, 0.25) is 11.8 Å². The van der Waals surface area contributed by atoms with Crippen LogP contribution in [0.25, 0.3) is 0 Å². The molecular weight excluding hydrogens is 414 g/mol. The molecule has 2 aromatic carbocycles. The molecule has 160 valence electrons. The van der Waals surface area contributed by atoms with Crippen LogP contribution in [0.1, 0.15) is 28.4 Å². The molecule has 2 N–H and O–H groups in total. The van der Waals surface area contributed by atoms with Crippen LogP contribution in [0.4, 0.5) is 0 Å². The molecule has 1 aromatic heterocycles. The second-order valence-electron chi connectivity index (χ2n) is 6.84. The predicted molar refractivity (Wildman–Crippen MR) is 120 cm³/mol. The molecule has 1 atom stereocenters. The highest BCUT2D eigenvalue weighted by Gasteiger charge is 2.22. The molecule has 7 heteroatoms. The molecule has 0 spiro atoms. The fraction of sp³-hybridized carbons (Fsp3) is 0.208. The van der Waals surface area contributed by atoms with E-state index >= 15 is 0 Å². The Balaban J connectivity index is 1.73. The Morgan fingerprint density at radius 2 is 1.77 bits per heavy atom. The quantitative estimate of drug-likeness (QED) is 0.533. The lowest BCUT2D eigenvalue weighted by Crippen LogP contribution is -2.47. The summed E-state index contributed by atoms with van der Waals surface area (Å²) < 4.78 is 5.51. The number of carbonyl (C=O) groups is 2. The Morgan fingerprint density at radius 3 is 2.48 bits per heavy atom. The molecule has 2 amide bonds. The van der Waals surface area contributed by atoms with Gasteiger partial charge in [-0.1, -0.05) is 48.0 Å². The van der Waals surface area contributed by atoms with Crippen molar-refractivity contribution in [3.05, 3.63) is 94.6 Å². The van der Waals surface area contributed by atoms with E-state index in [-0.39, 0.29) is 18.4 Å². The highest BCUT2D eigenvalue weighted by molar-refractivity contribution is 6.30. The zero-order chi connectivity index (χ0) is 22.1. The largest absolute Gasteiger partial charge is 0.478 e. The Hall–Kier alpha value is -3.38. The number of aromatic nitrogens is 1. The minimum Gasteiger partial charge on any atom is -0.478 e. The molecule has 1 unspecified atom stereocenters. The first kappa shape index (κ1) is 22.3. The molecule has 0 aliphatic carbocycles. The van der Waals surface area contributed by atoms with Gasteiger partial charge in [-0.25, -0.2) is 4.98 Å². The van der Waals surface area contributed by atoms with E-state index in [1.807, 2.05) is 43.3 Å². The molecule has 0 aliphatic heterocycles. The van der Waals surface area contributed by atoms with Crippen molar-refractivity contribution in [1.82, 2.24) is 15.6 Å². The van der Waals surface area contributed by atoms with Crippen molar-refractivity contribution in [3.8, 4) is 5.88 Å². The van der Waals surface area contributed by atoms with E-state index < -0.39 is 6.04 Å². The molecule has 0 saturated carbocycles. The first-order valence-corrected chi connectivity index (χ1v) is 10.4. The van der Waals surface area contributed by atoms with Crippen LogP contribution in [-0.2, 0) is 17.8 Å². The number of rotatable bonds is 9. The van der Waals surface area contributed by atoms with E-state index in [0.717, 1.165) is 11.1 Å². The third-order valence-corrected chi connectivity index (χ3v) is 4.85. The van der Waals surface area contributed by atoms with Crippen molar-refractivity contribution in [2.45, 2.75) is 25.9 Å². The van der Waals surface area contributed by atoms with Gasteiger partial charge in [0, 0.05) is 35.3 Å². The third-order valence-electron chi connectivity index (χ3n) is 4.59. The lowest BCUT2D eigenvalue weighted by atomic mass is 10.0. The molecule has 0 radical (unpaired) electrons. The van der Waals surface area contributed by atoms with Crippen LogP contribution < -0.4 is 15.4 Å². The smallest absolute Gasteiger partial charge is 0.251 e. The fourth-order valence-corrected chi connectivity index (χ4v) is 3.16. The topological polar surface area (TPSA) is 80.3 Å². The van der Waals surface area contributed by atoms with Crippen LogP contribution in [0.2, 0.25) is 5.02 Å². The molecule has 1 heterocycles. The highest BCUT2D eigenvalue weighted by atomic mass is 35.5. The number of carbonyl (C=O) groups excluding carboxylic acids is 2. The normalized spacial score (nSPS) is 11.4. The third kappa shape index (κ3) is 6.55. The second-order valence-corrected chi connectivity index (χ2v) is 7.28. The predicted octanol–water partition coefficient (Wildman–Crippen LogP) is 3.79. The number of ether oxygens (including phenoxy) is 1. The summed E-state index contributed by atoms with van der Waals surface area (Å²) in [5.41, 5.74) is 2.14. The Labute approximate surface area is 186 Å². The number of nitrogens with zero attached hydrogens (tertiary/aromatic N) is 1. The van der Waals surface area contributed by atoms with Crippen molar-refractivity contribution < 1.29 is 14.3 Å². The van der Waals surface area contributed by atoms with Gasteiger partial charge >= 0.3 is 0 Å². The maximum atomic E-state index is 13.0. The van der Waals surface area contributed by atoms with E-state index in [0.29, 0.717) is 29.5 Å². The summed E-state index contributed by atoms with van der Waals surface area (Å²) in [6.07, 6.45) is 2.00. The number of amides is 2. The number of halogens is 1. The summed E-state index contributed by atoms with van der Waals surface area (Å²) in [5.74, 6) is -0.156. The Bertz CT molecular complexity index is 1010. The minimum atomic E-state index is -0.752. The van der Waals surface area contributed by atoms with Crippen molar-refractivity contribution in [3.63, 3.8) is 0 Å². The minimum absolute atomic E-state index is 0.240. The molecule has 0 aliphatic rings. The lowest BCUT2D eigenvalue weighted by molar-refractivity contribution is -0.123. The van der Waals surface area contributed by atoms with Gasteiger partial charge < -0.3 is 15.4 Å². The monoisotopic (exact) mass is 437 g/mol. The number of hydrogen-bond acceptors (Lipinski definition) is 4. The number of hydrogen-bond donors (Lipinski definition) is 2. The molecule has 0 bridgehead atoms. The average Bonchev–Trinajstić information content (AvgIpc) is 2.79. The van der Waals surface area contributed by atoms with Gasteiger partial charge in [0.05, 0.1) is 6.61 Å². The SMILES string of the molecule is CCOc1ncccc1CNC(=O)C(Cc1ccccc1)NC(=O)c1ccc(Cl)cc1. The maximum absolute atomic E-state index is 13.0. The first-order chi connectivity index (χ1) is 15.1.